The van der Waals surface area contributed by atoms with Crippen molar-refractivity contribution in [2.75, 3.05) is 13.1 Å². The smallest absolute Gasteiger partial charge is 0.252 e. The summed E-state index contributed by atoms with van der Waals surface area (Å²) in [5, 5.41) is 1.79. The average molecular weight is 304 g/mol. The molecule has 5 nitrogen and oxygen atoms in total. The van der Waals surface area contributed by atoms with E-state index in [0.29, 0.717) is 23.8 Å². The molecular weight excluding hydrogens is 284 g/mol. The van der Waals surface area contributed by atoms with Crippen LogP contribution in [0.25, 0.3) is 0 Å². The Morgan fingerprint density at radius 2 is 2.26 bits per heavy atom. The zero-order chi connectivity index (χ0) is 14.3. The molecule has 0 aliphatic carbocycles. The van der Waals surface area contributed by atoms with Crippen LogP contribution in [0.3, 0.4) is 0 Å². The number of sulfonamides is 1. The molecule has 0 amide bonds. The predicted octanol–water partition coefficient (Wildman–Crippen LogP) is 1.39. The lowest BCUT2D eigenvalue weighted by molar-refractivity contribution is -0.109. The minimum atomic E-state index is -3.44. The fourth-order valence-corrected chi connectivity index (χ4v) is 5.34. The zero-order valence-electron chi connectivity index (χ0n) is 11.4. The Morgan fingerprint density at radius 1 is 1.58 bits per heavy atom. The van der Waals surface area contributed by atoms with Crippen molar-refractivity contribution in [2.24, 2.45) is 5.73 Å². The molecule has 1 fully saturated rings. The van der Waals surface area contributed by atoms with Crippen LogP contribution >= 0.6 is 11.3 Å². The first-order valence-corrected chi connectivity index (χ1v) is 8.52. The first-order chi connectivity index (χ1) is 8.74. The van der Waals surface area contributed by atoms with Gasteiger partial charge >= 0.3 is 0 Å². The van der Waals surface area contributed by atoms with Gasteiger partial charge in [0.2, 0.25) is 0 Å². The van der Waals surface area contributed by atoms with Crippen LogP contribution in [0.1, 0.15) is 26.3 Å². The highest BCUT2D eigenvalue weighted by molar-refractivity contribution is 7.91. The van der Waals surface area contributed by atoms with Crippen LogP contribution in [0.5, 0.6) is 0 Å². The SMILES string of the molecule is CC1CN(S(=O)(=O)c2cc(CN)cs2)CC(C)(C)O1. The maximum atomic E-state index is 12.6. The van der Waals surface area contributed by atoms with E-state index in [4.69, 9.17) is 10.5 Å². The van der Waals surface area contributed by atoms with Crippen LogP contribution in [0.15, 0.2) is 15.7 Å². The second kappa shape index (κ2) is 5.14. The minimum Gasteiger partial charge on any atom is -0.370 e. The summed E-state index contributed by atoms with van der Waals surface area (Å²) in [4.78, 5) is 0. The molecule has 0 aromatic carbocycles. The molecule has 19 heavy (non-hydrogen) atoms. The second-order valence-corrected chi connectivity index (χ2v) is 8.54. The molecule has 2 heterocycles. The van der Waals surface area contributed by atoms with E-state index in [-0.39, 0.29) is 6.10 Å². The lowest BCUT2D eigenvalue weighted by Gasteiger charge is -2.40. The molecule has 1 saturated heterocycles. The van der Waals surface area contributed by atoms with E-state index in [0.717, 1.165) is 5.56 Å². The third kappa shape index (κ3) is 3.17. The molecule has 1 aliphatic rings. The van der Waals surface area contributed by atoms with Crippen molar-refractivity contribution < 1.29 is 13.2 Å². The normalized spacial score (nSPS) is 24.5. The number of rotatable bonds is 3. The summed E-state index contributed by atoms with van der Waals surface area (Å²) in [6.45, 7) is 6.83. The van der Waals surface area contributed by atoms with Crippen molar-refractivity contribution >= 4 is 21.4 Å². The van der Waals surface area contributed by atoms with Gasteiger partial charge in [0, 0.05) is 19.6 Å². The van der Waals surface area contributed by atoms with Gasteiger partial charge in [-0.3, -0.25) is 0 Å². The molecule has 1 aromatic rings. The van der Waals surface area contributed by atoms with Crippen molar-refractivity contribution in [3.63, 3.8) is 0 Å². The van der Waals surface area contributed by atoms with Gasteiger partial charge in [-0.1, -0.05) is 0 Å². The highest BCUT2D eigenvalue weighted by atomic mass is 32.2. The Morgan fingerprint density at radius 3 is 2.79 bits per heavy atom. The molecule has 0 bridgehead atoms. The van der Waals surface area contributed by atoms with E-state index >= 15 is 0 Å². The first kappa shape index (κ1) is 14.9. The molecule has 0 spiro atoms. The molecule has 0 radical (unpaired) electrons. The highest BCUT2D eigenvalue weighted by Gasteiger charge is 2.38. The van der Waals surface area contributed by atoms with E-state index in [2.05, 4.69) is 0 Å². The summed E-state index contributed by atoms with van der Waals surface area (Å²) in [7, 11) is -3.44. The van der Waals surface area contributed by atoms with Gasteiger partial charge in [0.1, 0.15) is 4.21 Å². The number of ether oxygens (including phenoxy) is 1. The van der Waals surface area contributed by atoms with Crippen LogP contribution < -0.4 is 5.73 Å². The largest absolute Gasteiger partial charge is 0.370 e. The fraction of sp³-hybridized carbons (Fsp3) is 0.667. The maximum Gasteiger partial charge on any atom is 0.252 e. The van der Waals surface area contributed by atoms with E-state index in [9.17, 15) is 8.42 Å². The predicted molar refractivity (Wildman–Crippen MR) is 75.6 cm³/mol. The molecule has 1 atom stereocenters. The third-order valence-corrected chi connectivity index (χ3v) is 6.27. The Balaban J connectivity index is 2.28. The van der Waals surface area contributed by atoms with Crippen LogP contribution in [-0.4, -0.2) is 37.5 Å². The van der Waals surface area contributed by atoms with Gasteiger partial charge in [0.15, 0.2) is 0 Å². The summed E-state index contributed by atoms with van der Waals surface area (Å²) < 4.78 is 32.8. The molecule has 2 rings (SSSR count). The molecule has 1 unspecified atom stereocenters. The van der Waals surface area contributed by atoms with Crippen LogP contribution in [0.4, 0.5) is 0 Å². The lowest BCUT2D eigenvalue weighted by Crippen LogP contribution is -2.53. The van der Waals surface area contributed by atoms with Gasteiger partial charge in [-0.2, -0.15) is 4.31 Å². The molecule has 108 valence electrons. The van der Waals surface area contributed by atoms with Crippen molar-refractivity contribution in [2.45, 2.75) is 43.2 Å². The van der Waals surface area contributed by atoms with Gasteiger partial charge in [0.25, 0.3) is 10.0 Å². The van der Waals surface area contributed by atoms with E-state index < -0.39 is 15.6 Å². The van der Waals surface area contributed by atoms with Gasteiger partial charge < -0.3 is 10.5 Å². The Kier molecular flexibility index (Phi) is 4.04. The van der Waals surface area contributed by atoms with Gasteiger partial charge in [-0.05, 0) is 37.8 Å². The quantitative estimate of drug-likeness (QED) is 0.916. The number of morpholine rings is 1. The van der Waals surface area contributed by atoms with E-state index in [1.165, 1.54) is 15.6 Å². The highest BCUT2D eigenvalue weighted by Crippen LogP contribution is 2.29. The summed E-state index contributed by atoms with van der Waals surface area (Å²) >= 11 is 1.23. The molecular formula is C12H20N2O3S2. The Hall–Kier alpha value is -0.470. The number of hydrogen-bond donors (Lipinski definition) is 1. The summed E-state index contributed by atoms with van der Waals surface area (Å²) in [6.07, 6.45) is -0.104. The lowest BCUT2D eigenvalue weighted by atomic mass is 10.1. The van der Waals surface area contributed by atoms with Crippen molar-refractivity contribution in [3.05, 3.63) is 17.0 Å². The van der Waals surface area contributed by atoms with Gasteiger partial charge in [-0.15, -0.1) is 11.3 Å². The van der Waals surface area contributed by atoms with E-state index in [1.54, 1.807) is 11.4 Å². The van der Waals surface area contributed by atoms with Crippen molar-refractivity contribution in [1.82, 2.24) is 4.31 Å². The van der Waals surface area contributed by atoms with Crippen molar-refractivity contribution in [1.29, 1.82) is 0 Å². The fourth-order valence-electron chi connectivity index (χ4n) is 2.30. The van der Waals surface area contributed by atoms with Crippen molar-refractivity contribution in [3.8, 4) is 0 Å². The summed E-state index contributed by atoms with van der Waals surface area (Å²) in [5.41, 5.74) is 5.92. The monoisotopic (exact) mass is 304 g/mol. The van der Waals surface area contributed by atoms with Crippen LogP contribution in [-0.2, 0) is 21.3 Å². The third-order valence-electron chi connectivity index (χ3n) is 3.00. The van der Waals surface area contributed by atoms with Gasteiger partial charge in [0.05, 0.1) is 11.7 Å². The van der Waals surface area contributed by atoms with Gasteiger partial charge in [-0.25, -0.2) is 8.42 Å². The molecule has 1 aliphatic heterocycles. The molecule has 0 saturated carbocycles. The topological polar surface area (TPSA) is 72.6 Å². The second-order valence-electron chi connectivity index (χ2n) is 5.46. The minimum absolute atomic E-state index is 0.104. The van der Waals surface area contributed by atoms with Crippen LogP contribution in [0, 0.1) is 0 Å². The molecule has 7 heteroatoms. The first-order valence-electron chi connectivity index (χ1n) is 6.20. The molecule has 2 N–H and O–H groups in total. The average Bonchev–Trinajstić information content (AvgIpc) is 2.75. The number of hydrogen-bond acceptors (Lipinski definition) is 5. The van der Waals surface area contributed by atoms with Crippen LogP contribution in [0.2, 0.25) is 0 Å². The summed E-state index contributed by atoms with van der Waals surface area (Å²) in [5.74, 6) is 0. The number of nitrogens with zero attached hydrogens (tertiary/aromatic N) is 1. The van der Waals surface area contributed by atoms with E-state index in [1.807, 2.05) is 20.8 Å². The Bertz CT molecular complexity index is 551. The number of nitrogens with two attached hydrogens (primary N) is 1. The zero-order valence-corrected chi connectivity index (χ0v) is 13.1. The Labute approximate surface area is 118 Å². The molecule has 1 aromatic heterocycles. The standard InChI is InChI=1S/C12H20N2O3S2/c1-9-6-14(8-12(2,3)17-9)19(15,16)11-4-10(5-13)7-18-11/h4,7,9H,5-6,8,13H2,1-3H3. The maximum absolute atomic E-state index is 12.6. The number of thiophene rings is 1. The summed E-state index contributed by atoms with van der Waals surface area (Å²) in [6, 6.07) is 1.66.